The zero-order valence-corrected chi connectivity index (χ0v) is 31.2. The van der Waals surface area contributed by atoms with Crippen molar-refractivity contribution < 1.29 is 21.1 Å². The van der Waals surface area contributed by atoms with Crippen LogP contribution >= 0.6 is 0 Å². The predicted octanol–water partition coefficient (Wildman–Crippen LogP) is 6.42. The number of benzene rings is 4. The van der Waals surface area contributed by atoms with E-state index in [1.807, 2.05) is 24.4 Å². The third kappa shape index (κ3) is 5.04. The van der Waals surface area contributed by atoms with Crippen LogP contribution in [0.15, 0.2) is 140 Å². The first kappa shape index (κ1) is 32.3. The first-order valence-electron chi connectivity index (χ1n) is 17.1. The molecular weight excluding hydrogens is 810 g/mol. The number of aromatic nitrogens is 5. The molecule has 10 rings (SSSR count). The third-order valence-electron chi connectivity index (χ3n) is 10.4. The zero-order chi connectivity index (χ0) is 33.0. The van der Waals surface area contributed by atoms with Gasteiger partial charge in [0.05, 0.1) is 0 Å². The Morgan fingerprint density at radius 1 is 0.640 bits per heavy atom. The summed E-state index contributed by atoms with van der Waals surface area (Å²) < 4.78 is 0. The van der Waals surface area contributed by atoms with Gasteiger partial charge in [0.15, 0.2) is 0 Å². The van der Waals surface area contributed by atoms with Crippen LogP contribution in [0.2, 0.25) is 0 Å². The Morgan fingerprint density at radius 3 is 1.90 bits per heavy atom. The van der Waals surface area contributed by atoms with Gasteiger partial charge in [-0.25, -0.2) is 0 Å². The smallest absolute Gasteiger partial charge is 0.657 e. The Hall–Kier alpha value is -4.90. The first-order chi connectivity index (χ1) is 24.1. The van der Waals surface area contributed by atoms with Crippen LogP contribution in [-0.2, 0) is 32.9 Å². The maximum absolute atomic E-state index is 5.42. The number of pyridine rings is 2. The van der Waals surface area contributed by atoms with Crippen LogP contribution in [0.4, 0.5) is 0 Å². The Bertz CT molecular complexity index is 2390. The average molecular weight is 845 g/mol. The van der Waals surface area contributed by atoms with Gasteiger partial charge in [0, 0.05) is 33.6 Å². The molecule has 7 heteroatoms. The van der Waals surface area contributed by atoms with E-state index >= 15 is 0 Å². The molecule has 0 bridgehead atoms. The Labute approximate surface area is 307 Å². The van der Waals surface area contributed by atoms with E-state index in [9.17, 15) is 0 Å². The summed E-state index contributed by atoms with van der Waals surface area (Å²) in [6, 6.07) is 46.9. The van der Waals surface area contributed by atoms with Crippen molar-refractivity contribution in [1.29, 1.82) is 0 Å². The molecule has 50 heavy (non-hydrogen) atoms. The van der Waals surface area contributed by atoms with Crippen LogP contribution in [0, 0.1) is 0 Å². The van der Waals surface area contributed by atoms with Gasteiger partial charge < -0.3 is 15.2 Å². The summed E-state index contributed by atoms with van der Waals surface area (Å²) in [4.78, 5) is 14.9. The topological polar surface area (TPSA) is 66.9 Å². The van der Waals surface area contributed by atoms with Crippen LogP contribution in [-0.4, -0.2) is 23.1 Å². The molecule has 0 unspecified atom stereocenters. The Kier molecular flexibility index (Phi) is 8.25. The average Bonchev–Trinajstić information content (AvgIpc) is 3.84. The maximum Gasteiger partial charge on any atom is 2.00 e. The fourth-order valence-electron chi connectivity index (χ4n) is 8.15. The summed E-state index contributed by atoms with van der Waals surface area (Å²) in [5.41, 5.74) is 9.11. The SMILES string of the molecule is CC1(C)CCCc2c1n[n-]c2-c1cccc([Si]2(c3ccccn3)c3ccccc3-c3ccccc32)n1.[Pt+2].c1ccc2c(c1)[n-]c1ccccc12. The van der Waals surface area contributed by atoms with Gasteiger partial charge in [-0.05, 0) is 81.4 Å². The molecule has 5 heterocycles. The minimum Gasteiger partial charge on any atom is -0.657 e. The summed E-state index contributed by atoms with van der Waals surface area (Å²) in [5, 5.41) is 16.8. The molecule has 0 atom stereocenters. The second-order valence-corrected chi connectivity index (χ2v) is 17.3. The minimum atomic E-state index is -2.70. The predicted molar refractivity (Wildman–Crippen MR) is 202 cm³/mol. The van der Waals surface area contributed by atoms with Gasteiger partial charge in [-0.2, -0.15) is 0 Å². The van der Waals surface area contributed by atoms with E-state index in [0.29, 0.717) is 0 Å². The van der Waals surface area contributed by atoms with E-state index in [0.717, 1.165) is 58.0 Å². The van der Waals surface area contributed by atoms with Crippen LogP contribution < -0.4 is 31.1 Å². The second-order valence-electron chi connectivity index (χ2n) is 13.7. The van der Waals surface area contributed by atoms with Crippen LogP contribution in [0.5, 0.6) is 0 Å². The largest absolute Gasteiger partial charge is 2.00 e. The van der Waals surface area contributed by atoms with Crippen LogP contribution in [0.1, 0.15) is 37.9 Å². The van der Waals surface area contributed by atoms with Crippen molar-refractivity contribution in [2.75, 3.05) is 0 Å². The molecule has 0 radical (unpaired) electrons. The Balaban J connectivity index is 0.000000216. The molecule has 0 amide bonds. The molecule has 0 fully saturated rings. The van der Waals surface area contributed by atoms with E-state index in [4.69, 9.17) is 15.1 Å². The molecule has 4 aromatic heterocycles. The van der Waals surface area contributed by atoms with Gasteiger partial charge in [0.25, 0.3) is 0 Å². The van der Waals surface area contributed by atoms with Crippen molar-refractivity contribution in [3.63, 3.8) is 0 Å². The van der Waals surface area contributed by atoms with Crippen LogP contribution in [0.3, 0.4) is 0 Å². The van der Waals surface area contributed by atoms with Crippen molar-refractivity contribution in [3.05, 3.63) is 151 Å². The zero-order valence-electron chi connectivity index (χ0n) is 28.0. The van der Waals surface area contributed by atoms with Crippen molar-refractivity contribution in [1.82, 2.24) is 25.1 Å². The van der Waals surface area contributed by atoms with E-state index < -0.39 is 8.07 Å². The summed E-state index contributed by atoms with van der Waals surface area (Å²) >= 11 is 0. The van der Waals surface area contributed by atoms with Gasteiger partial charge in [-0.1, -0.05) is 129 Å². The van der Waals surface area contributed by atoms with Gasteiger partial charge in [0.1, 0.15) is 0 Å². The molecule has 1 aliphatic heterocycles. The maximum atomic E-state index is 5.42. The van der Waals surface area contributed by atoms with Crippen molar-refractivity contribution >= 4 is 50.9 Å². The molecule has 8 aromatic rings. The minimum absolute atomic E-state index is 0. The van der Waals surface area contributed by atoms with Crippen molar-refractivity contribution in [2.24, 2.45) is 0 Å². The summed E-state index contributed by atoms with van der Waals surface area (Å²) in [7, 11) is -2.70. The summed E-state index contributed by atoms with van der Waals surface area (Å²) in [5.74, 6) is 0. The number of hydrogen-bond donors (Lipinski definition) is 0. The second kappa shape index (κ2) is 12.8. The number of para-hydroxylation sites is 2. The van der Waals surface area contributed by atoms with E-state index in [1.165, 1.54) is 37.8 Å². The van der Waals surface area contributed by atoms with Gasteiger partial charge in [0.2, 0.25) is 8.07 Å². The molecule has 1 aliphatic carbocycles. The molecular formula is C43H35N5PtSi. The molecule has 0 saturated carbocycles. The standard InChI is InChI=1S/C31H27N4Si.C12H8N.Pt/c1-31(2)19-10-13-23-29(34-35-30(23)31)24-14-9-18-28(33-24)36(27-17-7-8-20-32-27)25-15-5-3-11-21(25)22-12-4-6-16-26(22)36;1-3-7-11-9(5-1)10-6-2-4-8-12(10)13-11;/h3-9,11-12,14-18,20H,10,13,19H2,1-2H3;1-8H;/q2*-1;+2. The van der Waals surface area contributed by atoms with E-state index in [1.54, 1.807) is 0 Å². The van der Waals surface area contributed by atoms with Gasteiger partial charge in [-0.3, -0.25) is 9.97 Å². The third-order valence-corrected chi connectivity index (χ3v) is 15.0. The molecule has 5 nitrogen and oxygen atoms in total. The number of fused-ring (bicyclic) bond motifs is 7. The van der Waals surface area contributed by atoms with Crippen LogP contribution in [0.25, 0.3) is 44.3 Å². The fraction of sp³-hybridized carbons (Fsp3) is 0.140. The van der Waals surface area contributed by atoms with Gasteiger partial charge in [-0.15, -0.1) is 11.0 Å². The van der Waals surface area contributed by atoms with E-state index in [2.05, 4.69) is 139 Å². The number of rotatable bonds is 3. The number of hydrogen-bond acceptors (Lipinski definition) is 3. The number of nitrogens with zero attached hydrogens (tertiary/aromatic N) is 5. The summed E-state index contributed by atoms with van der Waals surface area (Å²) in [6.07, 6.45) is 5.24. The first-order valence-corrected chi connectivity index (χ1v) is 19.1. The van der Waals surface area contributed by atoms with Crippen molar-refractivity contribution in [2.45, 2.75) is 38.5 Å². The normalized spacial score (nSPS) is 14.9. The molecule has 0 spiro atoms. The molecule has 246 valence electrons. The quantitative estimate of drug-likeness (QED) is 0.193. The van der Waals surface area contributed by atoms with Gasteiger partial charge >= 0.3 is 21.1 Å². The molecule has 4 aromatic carbocycles. The fourth-order valence-corrected chi connectivity index (χ4v) is 13.0. The monoisotopic (exact) mass is 844 g/mol. The molecule has 0 N–H and O–H groups in total. The summed E-state index contributed by atoms with van der Waals surface area (Å²) in [6.45, 7) is 4.56. The van der Waals surface area contributed by atoms with Crippen molar-refractivity contribution in [3.8, 4) is 22.5 Å². The molecule has 0 saturated heterocycles. The Morgan fingerprint density at radius 2 is 1.24 bits per heavy atom. The van der Waals surface area contributed by atoms with E-state index in [-0.39, 0.29) is 26.5 Å². The molecule has 2 aliphatic rings.